The van der Waals surface area contributed by atoms with Gasteiger partial charge in [-0.05, 0) is 43.2 Å². The van der Waals surface area contributed by atoms with Crippen LogP contribution in [0.2, 0.25) is 0 Å². The largest absolute Gasteiger partial charge is 0.496 e. The van der Waals surface area contributed by atoms with Crippen molar-refractivity contribution in [3.63, 3.8) is 0 Å². The van der Waals surface area contributed by atoms with Crippen LogP contribution in [0, 0.1) is 0 Å². The Labute approximate surface area is 172 Å². The second-order valence-corrected chi connectivity index (χ2v) is 8.94. The molecule has 1 N–H and O–H groups in total. The lowest BCUT2D eigenvalue weighted by atomic mass is 10.1. The number of para-hydroxylation sites is 1. The van der Waals surface area contributed by atoms with Crippen LogP contribution >= 0.6 is 0 Å². The highest BCUT2D eigenvalue weighted by Crippen LogP contribution is 2.26. The zero-order valence-corrected chi connectivity index (χ0v) is 18.2. The number of methoxy groups -OCH3 is 2. The highest BCUT2D eigenvalue weighted by Gasteiger charge is 2.20. The fraction of sp³-hybridized carbons (Fsp3) is 0.381. The van der Waals surface area contributed by atoms with E-state index in [0.29, 0.717) is 23.5 Å². The number of ether oxygens (including phenoxy) is 2. The smallest absolute Gasteiger partial charge is 0.242 e. The number of sulfonamides is 1. The molecule has 0 saturated carbocycles. The second-order valence-electron chi connectivity index (χ2n) is 6.79. The van der Waals surface area contributed by atoms with E-state index in [2.05, 4.69) is 5.32 Å². The number of hydrogen-bond acceptors (Lipinski definition) is 5. The number of rotatable bonds is 9. The molecule has 2 aromatic carbocycles. The molecule has 0 aliphatic rings. The lowest BCUT2D eigenvalue weighted by Crippen LogP contribution is -2.27. The van der Waals surface area contributed by atoms with Gasteiger partial charge in [-0.2, -0.15) is 0 Å². The van der Waals surface area contributed by atoms with Crippen molar-refractivity contribution >= 4 is 15.9 Å². The molecule has 0 aromatic heterocycles. The minimum atomic E-state index is -3.56. The monoisotopic (exact) mass is 420 g/mol. The van der Waals surface area contributed by atoms with Crippen molar-refractivity contribution < 1.29 is 22.7 Å². The summed E-state index contributed by atoms with van der Waals surface area (Å²) in [4.78, 5) is 12.6. The zero-order chi connectivity index (χ0) is 21.6. The van der Waals surface area contributed by atoms with Gasteiger partial charge in [-0.15, -0.1) is 0 Å². The predicted octanol–water partition coefficient (Wildman–Crippen LogP) is 2.76. The van der Waals surface area contributed by atoms with E-state index < -0.39 is 10.0 Å². The topological polar surface area (TPSA) is 84.9 Å². The summed E-state index contributed by atoms with van der Waals surface area (Å²) in [7, 11) is 2.50. The van der Waals surface area contributed by atoms with E-state index in [9.17, 15) is 13.2 Å². The first-order valence-electron chi connectivity index (χ1n) is 9.22. The van der Waals surface area contributed by atoms with Gasteiger partial charge in [-0.1, -0.05) is 18.2 Å². The molecular weight excluding hydrogens is 392 g/mol. The Balaban J connectivity index is 2.11. The molecule has 158 valence electrons. The van der Waals surface area contributed by atoms with Crippen LogP contribution in [0.15, 0.2) is 47.4 Å². The van der Waals surface area contributed by atoms with E-state index in [1.807, 2.05) is 31.2 Å². The standard InChI is InChI=1S/C21H28N2O5S/c1-15(18-8-6-7-9-20(18)28-5)22-21(24)13-10-16-14-17(11-12-19(16)27-4)29(25,26)23(2)3/h6-9,11-12,14-15H,10,13H2,1-5H3,(H,22,24)/t15-/m0/s1. The van der Waals surface area contributed by atoms with Crippen LogP contribution in [-0.2, 0) is 21.2 Å². The second kappa shape index (κ2) is 9.76. The Morgan fingerprint density at radius 1 is 1.07 bits per heavy atom. The summed E-state index contributed by atoms with van der Waals surface area (Å²) in [5, 5.41) is 2.96. The van der Waals surface area contributed by atoms with E-state index >= 15 is 0 Å². The van der Waals surface area contributed by atoms with Gasteiger partial charge >= 0.3 is 0 Å². The molecular formula is C21H28N2O5S. The van der Waals surface area contributed by atoms with Gasteiger partial charge in [0.05, 0.1) is 25.2 Å². The molecule has 1 amide bonds. The number of carbonyl (C=O) groups is 1. The van der Waals surface area contributed by atoms with Crippen LogP contribution in [0.1, 0.15) is 30.5 Å². The number of benzene rings is 2. The summed E-state index contributed by atoms with van der Waals surface area (Å²) in [6.07, 6.45) is 0.547. The van der Waals surface area contributed by atoms with Crippen molar-refractivity contribution in [1.82, 2.24) is 9.62 Å². The molecule has 8 heteroatoms. The van der Waals surface area contributed by atoms with Crippen molar-refractivity contribution in [2.45, 2.75) is 30.7 Å². The number of hydrogen-bond donors (Lipinski definition) is 1. The lowest BCUT2D eigenvalue weighted by Gasteiger charge is -2.18. The van der Waals surface area contributed by atoms with Crippen LogP contribution in [0.25, 0.3) is 0 Å². The number of amides is 1. The van der Waals surface area contributed by atoms with E-state index in [-0.39, 0.29) is 23.3 Å². The summed E-state index contributed by atoms with van der Waals surface area (Å²) in [5.41, 5.74) is 1.55. The summed E-state index contributed by atoms with van der Waals surface area (Å²) in [6, 6.07) is 12.0. The molecule has 0 radical (unpaired) electrons. The minimum absolute atomic E-state index is 0.147. The maximum atomic E-state index is 12.5. The number of nitrogens with one attached hydrogen (secondary N) is 1. The Hall–Kier alpha value is -2.58. The Kier molecular flexibility index (Phi) is 7.64. The molecule has 0 saturated heterocycles. The molecule has 0 aliphatic carbocycles. The highest BCUT2D eigenvalue weighted by atomic mass is 32.2. The molecule has 0 bridgehead atoms. The summed E-state index contributed by atoms with van der Waals surface area (Å²) in [5.74, 6) is 1.11. The quantitative estimate of drug-likeness (QED) is 0.674. The van der Waals surface area contributed by atoms with Crippen molar-refractivity contribution in [2.24, 2.45) is 0 Å². The van der Waals surface area contributed by atoms with E-state index in [4.69, 9.17) is 9.47 Å². The highest BCUT2D eigenvalue weighted by molar-refractivity contribution is 7.89. The van der Waals surface area contributed by atoms with Crippen LogP contribution in [0.4, 0.5) is 0 Å². The normalized spacial score (nSPS) is 12.5. The van der Waals surface area contributed by atoms with Gasteiger partial charge in [0.25, 0.3) is 0 Å². The average Bonchev–Trinajstić information content (AvgIpc) is 2.71. The molecule has 0 spiro atoms. The molecule has 2 aromatic rings. The third-order valence-corrected chi connectivity index (χ3v) is 6.45. The van der Waals surface area contributed by atoms with Gasteiger partial charge < -0.3 is 14.8 Å². The molecule has 1 atom stereocenters. The van der Waals surface area contributed by atoms with E-state index in [1.54, 1.807) is 19.2 Å². The van der Waals surface area contributed by atoms with Crippen molar-refractivity contribution in [3.8, 4) is 11.5 Å². The fourth-order valence-electron chi connectivity index (χ4n) is 2.99. The van der Waals surface area contributed by atoms with Crippen molar-refractivity contribution in [1.29, 1.82) is 0 Å². The average molecular weight is 421 g/mol. The molecule has 7 nitrogen and oxygen atoms in total. The summed E-state index contributed by atoms with van der Waals surface area (Å²) < 4.78 is 36.6. The molecule has 0 heterocycles. The predicted molar refractivity (Wildman–Crippen MR) is 112 cm³/mol. The fourth-order valence-corrected chi connectivity index (χ4v) is 3.94. The van der Waals surface area contributed by atoms with Gasteiger partial charge in [0, 0.05) is 26.1 Å². The Morgan fingerprint density at radius 3 is 2.34 bits per heavy atom. The van der Waals surface area contributed by atoms with Crippen LogP contribution in [-0.4, -0.2) is 46.9 Å². The Morgan fingerprint density at radius 2 is 1.72 bits per heavy atom. The minimum Gasteiger partial charge on any atom is -0.496 e. The maximum absolute atomic E-state index is 12.5. The van der Waals surface area contributed by atoms with Gasteiger partial charge in [0.1, 0.15) is 11.5 Å². The summed E-state index contributed by atoms with van der Waals surface area (Å²) in [6.45, 7) is 1.89. The van der Waals surface area contributed by atoms with Crippen molar-refractivity contribution in [3.05, 3.63) is 53.6 Å². The SMILES string of the molecule is COc1ccc(S(=O)(=O)N(C)C)cc1CCC(=O)N[C@@H](C)c1ccccc1OC. The zero-order valence-electron chi connectivity index (χ0n) is 17.4. The molecule has 0 unspecified atom stereocenters. The molecule has 0 aliphatic heterocycles. The number of aryl methyl sites for hydroxylation is 1. The van der Waals surface area contributed by atoms with Gasteiger partial charge in [-0.3, -0.25) is 4.79 Å². The van der Waals surface area contributed by atoms with Crippen LogP contribution in [0.3, 0.4) is 0 Å². The van der Waals surface area contributed by atoms with E-state index in [1.165, 1.54) is 27.3 Å². The Bertz CT molecular complexity index is 957. The van der Waals surface area contributed by atoms with Crippen LogP contribution in [0.5, 0.6) is 11.5 Å². The van der Waals surface area contributed by atoms with Gasteiger partial charge in [-0.25, -0.2) is 12.7 Å². The van der Waals surface area contributed by atoms with E-state index in [0.717, 1.165) is 9.87 Å². The molecule has 0 fully saturated rings. The van der Waals surface area contributed by atoms with Gasteiger partial charge in [0.15, 0.2) is 0 Å². The maximum Gasteiger partial charge on any atom is 0.242 e. The first-order chi connectivity index (χ1) is 13.7. The van der Waals surface area contributed by atoms with Gasteiger partial charge in [0.2, 0.25) is 15.9 Å². The third-order valence-electron chi connectivity index (χ3n) is 4.63. The molecule has 29 heavy (non-hydrogen) atoms. The third kappa shape index (κ3) is 5.48. The van der Waals surface area contributed by atoms with Crippen LogP contribution < -0.4 is 14.8 Å². The number of nitrogens with zero attached hydrogens (tertiary/aromatic N) is 1. The first-order valence-corrected chi connectivity index (χ1v) is 10.7. The van der Waals surface area contributed by atoms with Crippen molar-refractivity contribution in [2.75, 3.05) is 28.3 Å². The summed E-state index contributed by atoms with van der Waals surface area (Å²) >= 11 is 0. The first kappa shape index (κ1) is 22.7. The molecule has 2 rings (SSSR count). The lowest BCUT2D eigenvalue weighted by molar-refractivity contribution is -0.121. The number of carbonyl (C=O) groups excluding carboxylic acids is 1.